The summed E-state index contributed by atoms with van der Waals surface area (Å²) in [5.74, 6) is 2.35. The van der Waals surface area contributed by atoms with Crippen LogP contribution in [0, 0.1) is 5.92 Å². The lowest BCUT2D eigenvalue weighted by Gasteiger charge is -2.17. The van der Waals surface area contributed by atoms with Gasteiger partial charge in [0.2, 0.25) is 5.95 Å². The minimum absolute atomic E-state index is 0.405. The second kappa shape index (κ2) is 7.07. The minimum atomic E-state index is 0.405. The van der Waals surface area contributed by atoms with Gasteiger partial charge in [-0.1, -0.05) is 20.8 Å². The Morgan fingerprint density at radius 1 is 1.19 bits per heavy atom. The van der Waals surface area contributed by atoms with Crippen molar-refractivity contribution in [3.05, 3.63) is 10.9 Å². The topological polar surface area (TPSA) is 49.8 Å². The molecule has 0 fully saturated rings. The second-order valence-electron chi connectivity index (χ2n) is 5.89. The van der Waals surface area contributed by atoms with Crippen molar-refractivity contribution in [1.82, 2.24) is 9.97 Å². The Balaban J connectivity index is 2.36. The molecule has 0 bridgehead atoms. The van der Waals surface area contributed by atoms with Crippen LogP contribution in [-0.2, 0) is 6.42 Å². The smallest absolute Gasteiger partial charge is 0.226 e. The highest BCUT2D eigenvalue weighted by Gasteiger charge is 2.13. The van der Waals surface area contributed by atoms with Crippen molar-refractivity contribution >= 4 is 33.3 Å². The molecule has 0 aliphatic rings. The fourth-order valence-electron chi connectivity index (χ4n) is 2.49. The van der Waals surface area contributed by atoms with Crippen LogP contribution in [0.1, 0.15) is 45.9 Å². The van der Waals surface area contributed by atoms with E-state index in [4.69, 9.17) is 0 Å². The van der Waals surface area contributed by atoms with E-state index in [0.717, 1.165) is 35.4 Å². The largest absolute Gasteiger partial charge is 0.367 e. The highest BCUT2D eigenvalue weighted by atomic mass is 32.1. The van der Waals surface area contributed by atoms with Crippen LogP contribution < -0.4 is 10.6 Å². The van der Waals surface area contributed by atoms with E-state index in [0.29, 0.717) is 17.9 Å². The first-order chi connectivity index (χ1) is 10.0. The van der Waals surface area contributed by atoms with Gasteiger partial charge in [-0.2, -0.15) is 4.98 Å². The Kier molecular flexibility index (Phi) is 5.39. The number of aromatic nitrogens is 2. The zero-order valence-electron chi connectivity index (χ0n) is 13.7. The zero-order valence-corrected chi connectivity index (χ0v) is 14.5. The van der Waals surface area contributed by atoms with Gasteiger partial charge in [-0.3, -0.25) is 0 Å². The van der Waals surface area contributed by atoms with E-state index in [-0.39, 0.29) is 0 Å². The monoisotopic (exact) mass is 306 g/mol. The number of rotatable bonds is 7. The Bertz CT molecular complexity index is 591. The summed E-state index contributed by atoms with van der Waals surface area (Å²) in [6.07, 6.45) is 2.17. The van der Waals surface area contributed by atoms with E-state index in [1.807, 2.05) is 0 Å². The SMILES string of the molecule is CCNc1nc(NC(C)CC(C)C)c2cc(CC)sc2n1. The Morgan fingerprint density at radius 3 is 2.57 bits per heavy atom. The molecule has 0 spiro atoms. The summed E-state index contributed by atoms with van der Waals surface area (Å²) in [6.45, 7) is 11.8. The number of hydrogen-bond donors (Lipinski definition) is 2. The van der Waals surface area contributed by atoms with Crippen molar-refractivity contribution < 1.29 is 0 Å². The standard InChI is InChI=1S/C16H26N4S/c1-6-12-9-13-14(18-11(5)8-10(3)4)19-16(17-7-2)20-15(13)21-12/h9-11H,6-8H2,1-5H3,(H2,17,18,19,20). The average Bonchev–Trinajstić information content (AvgIpc) is 2.81. The molecule has 5 heteroatoms. The minimum Gasteiger partial charge on any atom is -0.367 e. The Morgan fingerprint density at radius 2 is 1.95 bits per heavy atom. The Labute approximate surface area is 131 Å². The molecule has 0 saturated carbocycles. The molecule has 116 valence electrons. The predicted molar refractivity (Wildman–Crippen MR) is 93.5 cm³/mol. The molecule has 0 aromatic carbocycles. The summed E-state index contributed by atoms with van der Waals surface area (Å²) < 4.78 is 0. The van der Waals surface area contributed by atoms with E-state index >= 15 is 0 Å². The highest BCUT2D eigenvalue weighted by Crippen LogP contribution is 2.31. The van der Waals surface area contributed by atoms with Gasteiger partial charge in [0.25, 0.3) is 0 Å². The van der Waals surface area contributed by atoms with E-state index in [9.17, 15) is 0 Å². The van der Waals surface area contributed by atoms with Gasteiger partial charge >= 0.3 is 0 Å². The third-order valence-corrected chi connectivity index (χ3v) is 4.51. The molecule has 1 unspecified atom stereocenters. The number of anilines is 2. The van der Waals surface area contributed by atoms with E-state index in [1.54, 1.807) is 11.3 Å². The van der Waals surface area contributed by atoms with Gasteiger partial charge in [0.15, 0.2) is 0 Å². The van der Waals surface area contributed by atoms with Crippen LogP contribution in [0.2, 0.25) is 0 Å². The number of nitrogens with zero attached hydrogens (tertiary/aromatic N) is 2. The summed E-state index contributed by atoms with van der Waals surface area (Å²) >= 11 is 1.76. The first-order valence-electron chi connectivity index (χ1n) is 7.84. The Hall–Kier alpha value is -1.36. The summed E-state index contributed by atoms with van der Waals surface area (Å²) in [7, 11) is 0. The maximum atomic E-state index is 4.66. The van der Waals surface area contributed by atoms with Crippen LogP contribution in [-0.4, -0.2) is 22.6 Å². The number of thiophene rings is 1. The molecule has 0 radical (unpaired) electrons. The van der Waals surface area contributed by atoms with Crippen LogP contribution >= 0.6 is 11.3 Å². The quantitative estimate of drug-likeness (QED) is 0.789. The average molecular weight is 306 g/mol. The summed E-state index contributed by atoms with van der Waals surface area (Å²) in [5.41, 5.74) is 0. The van der Waals surface area contributed by atoms with Crippen molar-refractivity contribution in [3.63, 3.8) is 0 Å². The van der Waals surface area contributed by atoms with Gasteiger partial charge in [-0.05, 0) is 38.7 Å². The van der Waals surface area contributed by atoms with Crippen molar-refractivity contribution in [3.8, 4) is 0 Å². The molecule has 0 amide bonds. The lowest BCUT2D eigenvalue weighted by atomic mass is 10.1. The van der Waals surface area contributed by atoms with Crippen LogP contribution in [0.3, 0.4) is 0 Å². The lowest BCUT2D eigenvalue weighted by Crippen LogP contribution is -2.19. The van der Waals surface area contributed by atoms with Crippen molar-refractivity contribution in [2.45, 2.75) is 53.5 Å². The molecular weight excluding hydrogens is 280 g/mol. The van der Waals surface area contributed by atoms with Gasteiger partial charge in [0, 0.05) is 17.5 Å². The fraction of sp³-hybridized carbons (Fsp3) is 0.625. The molecule has 0 aliphatic heterocycles. The summed E-state index contributed by atoms with van der Waals surface area (Å²) in [6, 6.07) is 2.63. The molecule has 2 N–H and O–H groups in total. The molecule has 2 rings (SSSR count). The van der Waals surface area contributed by atoms with Gasteiger partial charge in [0.05, 0.1) is 5.39 Å². The third kappa shape index (κ3) is 4.06. The second-order valence-corrected chi connectivity index (χ2v) is 7.00. The molecule has 2 heterocycles. The normalized spacial score (nSPS) is 12.9. The molecule has 2 aromatic rings. The number of hydrogen-bond acceptors (Lipinski definition) is 5. The third-order valence-electron chi connectivity index (χ3n) is 3.34. The highest BCUT2D eigenvalue weighted by molar-refractivity contribution is 7.18. The van der Waals surface area contributed by atoms with E-state index in [2.05, 4.69) is 61.3 Å². The van der Waals surface area contributed by atoms with Gasteiger partial charge in [0.1, 0.15) is 10.6 Å². The number of nitrogens with one attached hydrogen (secondary N) is 2. The van der Waals surface area contributed by atoms with Crippen LogP contribution in [0.15, 0.2) is 6.07 Å². The molecular formula is C16H26N4S. The van der Waals surface area contributed by atoms with Crippen molar-refractivity contribution in [2.24, 2.45) is 5.92 Å². The molecule has 4 nitrogen and oxygen atoms in total. The number of fused-ring (bicyclic) bond motifs is 1. The maximum Gasteiger partial charge on any atom is 0.226 e. The first-order valence-corrected chi connectivity index (χ1v) is 8.66. The first kappa shape index (κ1) is 16.0. The summed E-state index contributed by atoms with van der Waals surface area (Å²) in [5, 5.41) is 7.94. The molecule has 21 heavy (non-hydrogen) atoms. The van der Waals surface area contributed by atoms with Crippen molar-refractivity contribution in [1.29, 1.82) is 0 Å². The molecule has 0 aliphatic carbocycles. The van der Waals surface area contributed by atoms with E-state index in [1.165, 1.54) is 4.88 Å². The van der Waals surface area contributed by atoms with Gasteiger partial charge in [-0.15, -0.1) is 11.3 Å². The van der Waals surface area contributed by atoms with Gasteiger partial charge in [-0.25, -0.2) is 4.98 Å². The molecule has 1 atom stereocenters. The van der Waals surface area contributed by atoms with Crippen molar-refractivity contribution in [2.75, 3.05) is 17.2 Å². The zero-order chi connectivity index (χ0) is 15.4. The maximum absolute atomic E-state index is 4.66. The molecule has 0 saturated heterocycles. The van der Waals surface area contributed by atoms with Crippen LogP contribution in [0.5, 0.6) is 0 Å². The van der Waals surface area contributed by atoms with E-state index < -0.39 is 0 Å². The summed E-state index contributed by atoms with van der Waals surface area (Å²) in [4.78, 5) is 11.7. The number of aryl methyl sites for hydroxylation is 1. The molecule has 2 aromatic heterocycles. The van der Waals surface area contributed by atoms with Crippen LogP contribution in [0.25, 0.3) is 10.2 Å². The van der Waals surface area contributed by atoms with Crippen LogP contribution in [0.4, 0.5) is 11.8 Å². The fourth-order valence-corrected chi connectivity index (χ4v) is 3.46. The van der Waals surface area contributed by atoms with Gasteiger partial charge < -0.3 is 10.6 Å². The lowest BCUT2D eigenvalue weighted by molar-refractivity contribution is 0.539. The predicted octanol–water partition coefficient (Wildman–Crippen LogP) is 4.53.